The minimum Gasteiger partial charge on any atom is -0.494 e. The highest BCUT2D eigenvalue weighted by Crippen LogP contribution is 2.15. The van der Waals surface area contributed by atoms with Crippen molar-refractivity contribution in [3.63, 3.8) is 0 Å². The van der Waals surface area contributed by atoms with E-state index in [1.807, 2.05) is 17.0 Å². The molecule has 0 radical (unpaired) electrons. The predicted molar refractivity (Wildman–Crippen MR) is 121 cm³/mol. The summed E-state index contributed by atoms with van der Waals surface area (Å²) in [6.07, 6.45) is 4.58. The summed E-state index contributed by atoms with van der Waals surface area (Å²) in [6.45, 7) is 5.97. The lowest BCUT2D eigenvalue weighted by molar-refractivity contribution is -0.131. The van der Waals surface area contributed by atoms with Gasteiger partial charge in [0.05, 0.1) is 13.2 Å². The fraction of sp³-hybridized carbons (Fsp3) is 0.625. The molecule has 1 aliphatic rings. The SMILES string of the molecule is CCCCCOc1ccc(C(=O)CCC(=O)N2CCCN(CC(=O)N(C)C)CC2)cc1. The molecular weight excluding hydrogens is 394 g/mol. The van der Waals surface area contributed by atoms with Crippen molar-refractivity contribution in [2.45, 2.75) is 45.4 Å². The summed E-state index contributed by atoms with van der Waals surface area (Å²) in [5.41, 5.74) is 0.609. The minimum absolute atomic E-state index is 0.00464. The maximum absolute atomic E-state index is 12.6. The molecule has 7 nitrogen and oxygen atoms in total. The molecule has 1 saturated heterocycles. The summed E-state index contributed by atoms with van der Waals surface area (Å²) in [6, 6.07) is 7.18. The Morgan fingerprint density at radius 1 is 0.968 bits per heavy atom. The highest BCUT2D eigenvalue weighted by Gasteiger charge is 2.21. The number of unbranched alkanes of at least 4 members (excludes halogenated alkanes) is 2. The molecule has 1 heterocycles. The van der Waals surface area contributed by atoms with Crippen LogP contribution in [0.2, 0.25) is 0 Å². The van der Waals surface area contributed by atoms with Crippen molar-refractivity contribution in [1.29, 1.82) is 0 Å². The molecule has 0 spiro atoms. The fourth-order valence-electron chi connectivity index (χ4n) is 3.51. The van der Waals surface area contributed by atoms with Crippen molar-refractivity contribution in [3.05, 3.63) is 29.8 Å². The molecule has 2 amide bonds. The quantitative estimate of drug-likeness (QED) is 0.398. The van der Waals surface area contributed by atoms with Crippen molar-refractivity contribution in [2.75, 3.05) is 53.4 Å². The molecule has 7 heteroatoms. The summed E-state index contributed by atoms with van der Waals surface area (Å²) >= 11 is 0. The number of hydrogen-bond donors (Lipinski definition) is 0. The summed E-state index contributed by atoms with van der Waals surface area (Å²) in [4.78, 5) is 42.5. The number of ketones is 1. The van der Waals surface area contributed by atoms with Crippen LogP contribution in [0.1, 0.15) is 55.8 Å². The van der Waals surface area contributed by atoms with Crippen molar-refractivity contribution >= 4 is 17.6 Å². The van der Waals surface area contributed by atoms with Crippen LogP contribution in [0.3, 0.4) is 0 Å². The largest absolute Gasteiger partial charge is 0.494 e. The Balaban J connectivity index is 1.75. The first-order valence-electron chi connectivity index (χ1n) is 11.4. The first-order chi connectivity index (χ1) is 14.9. The summed E-state index contributed by atoms with van der Waals surface area (Å²) in [5, 5.41) is 0. The van der Waals surface area contributed by atoms with Crippen LogP contribution in [0.5, 0.6) is 5.75 Å². The van der Waals surface area contributed by atoms with E-state index in [4.69, 9.17) is 4.74 Å². The van der Waals surface area contributed by atoms with E-state index in [0.717, 1.165) is 38.0 Å². The van der Waals surface area contributed by atoms with Gasteiger partial charge in [0.1, 0.15) is 5.75 Å². The molecule has 0 aliphatic carbocycles. The van der Waals surface area contributed by atoms with Crippen LogP contribution in [0, 0.1) is 0 Å². The van der Waals surface area contributed by atoms with Crippen LogP contribution in [-0.2, 0) is 9.59 Å². The average molecular weight is 432 g/mol. The molecule has 0 atom stereocenters. The number of likely N-dealkylation sites (N-methyl/N-ethyl adjacent to an activating group) is 1. The van der Waals surface area contributed by atoms with Crippen LogP contribution in [0.25, 0.3) is 0 Å². The average Bonchev–Trinajstić information content (AvgIpc) is 3.01. The zero-order valence-corrected chi connectivity index (χ0v) is 19.3. The molecule has 31 heavy (non-hydrogen) atoms. The first-order valence-corrected chi connectivity index (χ1v) is 11.4. The lowest BCUT2D eigenvalue weighted by atomic mass is 10.1. The molecule has 1 aromatic carbocycles. The number of carbonyl (C=O) groups excluding carboxylic acids is 3. The van der Waals surface area contributed by atoms with Crippen molar-refractivity contribution in [1.82, 2.24) is 14.7 Å². The molecule has 1 aromatic rings. The van der Waals surface area contributed by atoms with Crippen LogP contribution < -0.4 is 4.74 Å². The second-order valence-corrected chi connectivity index (χ2v) is 8.30. The number of hydrogen-bond acceptors (Lipinski definition) is 5. The maximum atomic E-state index is 12.6. The Morgan fingerprint density at radius 2 is 1.71 bits per heavy atom. The molecule has 1 fully saturated rings. The molecular formula is C24H37N3O4. The Morgan fingerprint density at radius 3 is 2.39 bits per heavy atom. The van der Waals surface area contributed by atoms with Gasteiger partial charge in [-0.05, 0) is 37.1 Å². The van der Waals surface area contributed by atoms with Gasteiger partial charge in [-0.3, -0.25) is 19.3 Å². The van der Waals surface area contributed by atoms with E-state index in [1.54, 1.807) is 31.1 Å². The second-order valence-electron chi connectivity index (χ2n) is 8.30. The lowest BCUT2D eigenvalue weighted by Crippen LogP contribution is -2.39. The predicted octanol–water partition coefficient (Wildman–Crippen LogP) is 2.84. The number of Topliss-reactive ketones (excluding diaryl/α,β-unsaturated/α-hetero) is 1. The van der Waals surface area contributed by atoms with E-state index in [-0.39, 0.29) is 30.4 Å². The highest BCUT2D eigenvalue weighted by molar-refractivity contribution is 5.98. The zero-order valence-electron chi connectivity index (χ0n) is 19.3. The van der Waals surface area contributed by atoms with Gasteiger partial charge < -0.3 is 14.5 Å². The van der Waals surface area contributed by atoms with Gasteiger partial charge in [-0.2, -0.15) is 0 Å². The van der Waals surface area contributed by atoms with Gasteiger partial charge >= 0.3 is 0 Å². The number of rotatable bonds is 11. The monoisotopic (exact) mass is 431 g/mol. The minimum atomic E-state index is -0.0288. The van der Waals surface area contributed by atoms with Crippen LogP contribution in [-0.4, -0.2) is 85.7 Å². The standard InChI is InChI=1S/C24H37N3O4/c1-4-5-6-18-31-21-10-8-20(9-11-21)22(28)12-13-23(29)27-15-7-14-26(16-17-27)19-24(30)25(2)3/h8-11H,4-7,12-19H2,1-3H3. The Hall–Kier alpha value is -2.41. The Kier molecular flexibility index (Phi) is 10.5. The van der Waals surface area contributed by atoms with E-state index in [0.29, 0.717) is 38.3 Å². The van der Waals surface area contributed by atoms with Crippen molar-refractivity contribution in [3.8, 4) is 5.75 Å². The van der Waals surface area contributed by atoms with Crippen molar-refractivity contribution < 1.29 is 19.1 Å². The van der Waals surface area contributed by atoms with E-state index < -0.39 is 0 Å². The van der Waals surface area contributed by atoms with Gasteiger partial charge in [-0.15, -0.1) is 0 Å². The summed E-state index contributed by atoms with van der Waals surface area (Å²) in [5.74, 6) is 0.817. The second kappa shape index (κ2) is 13.1. The number of carbonyl (C=O) groups is 3. The highest BCUT2D eigenvalue weighted by atomic mass is 16.5. The molecule has 0 N–H and O–H groups in total. The van der Waals surface area contributed by atoms with Gasteiger partial charge in [0.15, 0.2) is 5.78 Å². The van der Waals surface area contributed by atoms with E-state index in [9.17, 15) is 14.4 Å². The third-order valence-corrected chi connectivity index (χ3v) is 5.56. The zero-order chi connectivity index (χ0) is 22.6. The van der Waals surface area contributed by atoms with Crippen molar-refractivity contribution in [2.24, 2.45) is 0 Å². The van der Waals surface area contributed by atoms with Crippen LogP contribution in [0.15, 0.2) is 24.3 Å². The lowest BCUT2D eigenvalue weighted by Gasteiger charge is -2.22. The molecule has 0 bridgehead atoms. The number of nitrogens with zero attached hydrogens (tertiary/aromatic N) is 3. The van der Waals surface area contributed by atoms with E-state index in [2.05, 4.69) is 11.8 Å². The third kappa shape index (κ3) is 8.69. The summed E-state index contributed by atoms with van der Waals surface area (Å²) in [7, 11) is 3.50. The molecule has 2 rings (SSSR count). The molecule has 0 unspecified atom stereocenters. The molecule has 0 aromatic heterocycles. The third-order valence-electron chi connectivity index (χ3n) is 5.56. The topological polar surface area (TPSA) is 70.2 Å². The fourth-order valence-corrected chi connectivity index (χ4v) is 3.51. The Bertz CT molecular complexity index is 718. The van der Waals surface area contributed by atoms with Gasteiger partial charge in [0, 0.05) is 58.7 Å². The first kappa shape index (κ1) is 24.9. The maximum Gasteiger partial charge on any atom is 0.236 e. The molecule has 1 aliphatic heterocycles. The van der Waals surface area contributed by atoms with E-state index >= 15 is 0 Å². The van der Waals surface area contributed by atoms with Gasteiger partial charge in [0.25, 0.3) is 0 Å². The molecule has 0 saturated carbocycles. The van der Waals surface area contributed by atoms with Gasteiger partial charge in [-0.1, -0.05) is 19.8 Å². The number of ether oxygens (including phenoxy) is 1. The van der Waals surface area contributed by atoms with Gasteiger partial charge in [-0.25, -0.2) is 0 Å². The number of benzene rings is 1. The van der Waals surface area contributed by atoms with Crippen LogP contribution in [0.4, 0.5) is 0 Å². The smallest absolute Gasteiger partial charge is 0.236 e. The van der Waals surface area contributed by atoms with Gasteiger partial charge in [0.2, 0.25) is 11.8 Å². The summed E-state index contributed by atoms with van der Waals surface area (Å²) < 4.78 is 5.68. The normalized spacial score (nSPS) is 14.7. The van der Waals surface area contributed by atoms with Crippen LogP contribution >= 0.6 is 0 Å². The Labute approximate surface area is 186 Å². The van der Waals surface area contributed by atoms with E-state index in [1.165, 1.54) is 0 Å². The number of amides is 2. The molecule has 172 valence electrons.